The van der Waals surface area contributed by atoms with Gasteiger partial charge in [0.2, 0.25) is 0 Å². The van der Waals surface area contributed by atoms with Gasteiger partial charge in [-0.2, -0.15) is 0 Å². The highest BCUT2D eigenvalue weighted by atomic mass is 16.2. The maximum atomic E-state index is 12.2. The van der Waals surface area contributed by atoms with Crippen LogP contribution >= 0.6 is 0 Å². The van der Waals surface area contributed by atoms with E-state index in [1.54, 1.807) is 12.3 Å². The molecule has 1 aromatic rings. The molecule has 1 amide bonds. The molecule has 4 nitrogen and oxygen atoms in total. The van der Waals surface area contributed by atoms with Crippen LogP contribution in [0.2, 0.25) is 0 Å². The molecule has 1 fully saturated rings. The minimum absolute atomic E-state index is 0.0279. The molecule has 0 atom stereocenters. The number of hydrogen-bond acceptors (Lipinski definition) is 3. The number of hydrogen-bond donors (Lipinski definition) is 0. The minimum Gasteiger partial charge on any atom is -0.337 e. The van der Waals surface area contributed by atoms with Crippen LogP contribution in [0.3, 0.4) is 0 Å². The molecule has 1 aromatic heterocycles. The fourth-order valence-electron chi connectivity index (χ4n) is 2.22. The monoisotopic (exact) mass is 233 g/mol. The van der Waals surface area contributed by atoms with Crippen molar-refractivity contribution in [3.63, 3.8) is 0 Å². The van der Waals surface area contributed by atoms with Crippen LogP contribution in [0.5, 0.6) is 0 Å². The molecule has 0 spiro atoms. The smallest absolute Gasteiger partial charge is 0.272 e. The van der Waals surface area contributed by atoms with E-state index in [0.717, 1.165) is 25.9 Å². The molecule has 17 heavy (non-hydrogen) atoms. The Morgan fingerprint density at radius 1 is 1.41 bits per heavy atom. The van der Waals surface area contributed by atoms with E-state index in [2.05, 4.69) is 16.9 Å². The van der Waals surface area contributed by atoms with Gasteiger partial charge in [-0.3, -0.25) is 9.78 Å². The molecule has 0 aliphatic carbocycles. The van der Waals surface area contributed by atoms with Crippen LogP contribution in [-0.4, -0.2) is 53.9 Å². The second-order valence-electron chi connectivity index (χ2n) is 4.67. The lowest BCUT2D eigenvalue weighted by Crippen LogP contribution is -2.44. The molecule has 0 N–H and O–H groups in total. The lowest BCUT2D eigenvalue weighted by Gasteiger charge is -2.34. The van der Waals surface area contributed by atoms with Gasteiger partial charge >= 0.3 is 0 Å². The predicted octanol–water partition coefficient (Wildman–Crippen LogP) is 1.25. The highest BCUT2D eigenvalue weighted by Crippen LogP contribution is 2.15. The number of carbonyl (C=O) groups is 1. The van der Waals surface area contributed by atoms with E-state index < -0.39 is 0 Å². The van der Waals surface area contributed by atoms with E-state index in [1.807, 2.05) is 24.1 Å². The molecular formula is C13H19N3O. The first-order valence-corrected chi connectivity index (χ1v) is 6.05. The number of amides is 1. The number of aromatic nitrogens is 1. The first-order valence-electron chi connectivity index (χ1n) is 6.05. The topological polar surface area (TPSA) is 36.4 Å². The van der Waals surface area contributed by atoms with E-state index in [-0.39, 0.29) is 5.91 Å². The van der Waals surface area contributed by atoms with Gasteiger partial charge < -0.3 is 9.80 Å². The second-order valence-corrected chi connectivity index (χ2v) is 4.67. The maximum absolute atomic E-state index is 12.2. The fourth-order valence-corrected chi connectivity index (χ4v) is 2.22. The highest BCUT2D eigenvalue weighted by Gasteiger charge is 2.24. The van der Waals surface area contributed by atoms with Crippen LogP contribution < -0.4 is 0 Å². The molecule has 4 heteroatoms. The zero-order chi connectivity index (χ0) is 12.3. The van der Waals surface area contributed by atoms with Gasteiger partial charge in [0, 0.05) is 19.3 Å². The normalized spacial score (nSPS) is 18.0. The number of likely N-dealkylation sites (tertiary alicyclic amines) is 1. The van der Waals surface area contributed by atoms with Crippen LogP contribution in [0.15, 0.2) is 24.4 Å². The summed E-state index contributed by atoms with van der Waals surface area (Å²) in [7, 11) is 4.00. The van der Waals surface area contributed by atoms with E-state index in [0.29, 0.717) is 11.7 Å². The quantitative estimate of drug-likeness (QED) is 0.771. The number of rotatable bonds is 2. The Bertz CT molecular complexity index is 372. The summed E-state index contributed by atoms with van der Waals surface area (Å²) in [5.41, 5.74) is 0.536. The van der Waals surface area contributed by atoms with Crippen LogP contribution in [0, 0.1) is 0 Å². The Labute approximate surface area is 102 Å². The first-order chi connectivity index (χ1) is 8.18. The number of pyridine rings is 1. The third-order valence-corrected chi connectivity index (χ3v) is 3.44. The maximum Gasteiger partial charge on any atom is 0.272 e. The first kappa shape index (κ1) is 12.0. The van der Waals surface area contributed by atoms with E-state index in [1.165, 1.54) is 0 Å². The molecule has 92 valence electrons. The van der Waals surface area contributed by atoms with Crippen molar-refractivity contribution in [1.82, 2.24) is 14.8 Å². The molecule has 0 aromatic carbocycles. The molecule has 1 saturated heterocycles. The third kappa shape index (κ3) is 2.82. The van der Waals surface area contributed by atoms with Crippen molar-refractivity contribution in [2.24, 2.45) is 0 Å². The lowest BCUT2D eigenvalue weighted by molar-refractivity contribution is 0.0654. The summed E-state index contributed by atoms with van der Waals surface area (Å²) in [6.45, 7) is 2.12. The van der Waals surface area contributed by atoms with Gasteiger partial charge in [0.1, 0.15) is 5.69 Å². The number of carbonyl (C=O) groups excluding carboxylic acids is 1. The van der Waals surface area contributed by atoms with Crippen LogP contribution in [-0.2, 0) is 0 Å². The van der Waals surface area contributed by atoms with Crippen molar-refractivity contribution in [2.75, 3.05) is 27.2 Å². The van der Waals surface area contributed by atoms with Crippen molar-refractivity contribution in [1.29, 1.82) is 0 Å². The Morgan fingerprint density at radius 2 is 2.12 bits per heavy atom. The summed E-state index contributed by atoms with van der Waals surface area (Å²) in [6, 6.07) is 5.80. The lowest BCUT2D eigenvalue weighted by atomic mass is 10.0. The van der Waals surface area contributed by atoms with Crippen LogP contribution in [0.1, 0.15) is 23.3 Å². The van der Waals surface area contributed by atoms with E-state index in [9.17, 15) is 4.79 Å². The summed E-state index contributed by atoms with van der Waals surface area (Å²) in [5.74, 6) is 0.0279. The summed E-state index contributed by atoms with van der Waals surface area (Å²) in [4.78, 5) is 20.4. The standard InChI is InChI=1S/C13H19N3O/c1-15-9-6-11(7-10-15)16(2)13(17)12-5-3-4-8-14-12/h3-5,8,11H,6-7,9-10H2,1-2H3. The van der Waals surface area contributed by atoms with Crippen molar-refractivity contribution < 1.29 is 4.79 Å². The van der Waals surface area contributed by atoms with Gasteiger partial charge in [0.15, 0.2) is 0 Å². The van der Waals surface area contributed by atoms with Gasteiger partial charge in [-0.15, -0.1) is 0 Å². The molecular weight excluding hydrogens is 214 g/mol. The van der Waals surface area contributed by atoms with Gasteiger partial charge in [0.05, 0.1) is 0 Å². The van der Waals surface area contributed by atoms with Crippen molar-refractivity contribution in [3.8, 4) is 0 Å². The summed E-state index contributed by atoms with van der Waals surface area (Å²) in [5, 5.41) is 0. The van der Waals surface area contributed by atoms with Crippen molar-refractivity contribution in [2.45, 2.75) is 18.9 Å². The summed E-state index contributed by atoms with van der Waals surface area (Å²) >= 11 is 0. The summed E-state index contributed by atoms with van der Waals surface area (Å²) < 4.78 is 0. The fraction of sp³-hybridized carbons (Fsp3) is 0.538. The van der Waals surface area contributed by atoms with Crippen molar-refractivity contribution in [3.05, 3.63) is 30.1 Å². The zero-order valence-electron chi connectivity index (χ0n) is 10.5. The average molecular weight is 233 g/mol. The second kappa shape index (κ2) is 5.27. The number of piperidine rings is 1. The molecule has 0 bridgehead atoms. The molecule has 0 saturated carbocycles. The Balaban J connectivity index is 2.00. The van der Waals surface area contributed by atoms with Crippen molar-refractivity contribution >= 4 is 5.91 Å². The Kier molecular flexibility index (Phi) is 3.74. The van der Waals surface area contributed by atoms with Crippen LogP contribution in [0.25, 0.3) is 0 Å². The largest absolute Gasteiger partial charge is 0.337 e. The molecule has 2 heterocycles. The molecule has 0 unspecified atom stereocenters. The number of nitrogens with zero attached hydrogens (tertiary/aromatic N) is 3. The average Bonchev–Trinajstić information content (AvgIpc) is 2.39. The molecule has 1 aliphatic heterocycles. The van der Waals surface area contributed by atoms with E-state index >= 15 is 0 Å². The molecule has 0 radical (unpaired) electrons. The van der Waals surface area contributed by atoms with E-state index in [4.69, 9.17) is 0 Å². The molecule has 1 aliphatic rings. The SMILES string of the molecule is CN1CCC(N(C)C(=O)c2ccccn2)CC1. The Morgan fingerprint density at radius 3 is 2.71 bits per heavy atom. The highest BCUT2D eigenvalue weighted by molar-refractivity contribution is 5.92. The third-order valence-electron chi connectivity index (χ3n) is 3.44. The van der Waals surface area contributed by atoms with Gasteiger partial charge in [-0.05, 0) is 45.1 Å². The minimum atomic E-state index is 0.0279. The van der Waals surface area contributed by atoms with Crippen LogP contribution in [0.4, 0.5) is 0 Å². The van der Waals surface area contributed by atoms with Gasteiger partial charge in [-0.25, -0.2) is 0 Å². The Hall–Kier alpha value is -1.42. The van der Waals surface area contributed by atoms with Gasteiger partial charge in [0.25, 0.3) is 5.91 Å². The molecule has 2 rings (SSSR count). The summed E-state index contributed by atoms with van der Waals surface area (Å²) in [6.07, 6.45) is 3.76. The van der Waals surface area contributed by atoms with Gasteiger partial charge in [-0.1, -0.05) is 6.07 Å². The predicted molar refractivity (Wildman–Crippen MR) is 66.8 cm³/mol. The zero-order valence-corrected chi connectivity index (χ0v) is 10.5.